The van der Waals surface area contributed by atoms with Gasteiger partial charge < -0.3 is 15.0 Å². The molecule has 1 aliphatic heterocycles. The van der Waals surface area contributed by atoms with Gasteiger partial charge in [-0.2, -0.15) is 5.10 Å². The Labute approximate surface area is 142 Å². The quantitative estimate of drug-likeness (QED) is 0.888. The first-order chi connectivity index (χ1) is 11.3. The number of H-pyrrole nitrogens is 1. The summed E-state index contributed by atoms with van der Waals surface area (Å²) in [7, 11) is 0. The van der Waals surface area contributed by atoms with Crippen molar-refractivity contribution in [3.05, 3.63) is 17.5 Å². The van der Waals surface area contributed by atoms with Gasteiger partial charge in [0.2, 0.25) is 0 Å². The van der Waals surface area contributed by atoms with E-state index in [9.17, 15) is 9.59 Å². The van der Waals surface area contributed by atoms with Gasteiger partial charge in [0.1, 0.15) is 11.3 Å². The van der Waals surface area contributed by atoms with Gasteiger partial charge in [0.25, 0.3) is 5.91 Å². The van der Waals surface area contributed by atoms with Crippen molar-refractivity contribution in [2.24, 2.45) is 0 Å². The van der Waals surface area contributed by atoms with Gasteiger partial charge in [0, 0.05) is 30.7 Å². The number of nitrogens with zero attached hydrogens (tertiary/aromatic N) is 2. The number of aromatic nitrogens is 2. The number of carbonyl (C=O) groups is 2. The molecule has 3 rings (SSSR count). The lowest BCUT2D eigenvalue weighted by atomic mass is 10.1. The molecule has 0 radical (unpaired) electrons. The molecule has 2 fully saturated rings. The van der Waals surface area contributed by atoms with E-state index < -0.39 is 5.60 Å². The van der Waals surface area contributed by atoms with Crippen LogP contribution in [0.25, 0.3) is 0 Å². The van der Waals surface area contributed by atoms with Crippen molar-refractivity contribution in [2.75, 3.05) is 13.1 Å². The van der Waals surface area contributed by atoms with Crippen molar-refractivity contribution in [3.8, 4) is 0 Å². The molecule has 0 atom stereocenters. The van der Waals surface area contributed by atoms with Gasteiger partial charge in [-0.15, -0.1) is 0 Å². The Kier molecular flexibility index (Phi) is 4.51. The smallest absolute Gasteiger partial charge is 0.410 e. The Bertz CT molecular complexity index is 608. The highest BCUT2D eigenvalue weighted by molar-refractivity contribution is 5.92. The van der Waals surface area contributed by atoms with Crippen molar-refractivity contribution in [3.63, 3.8) is 0 Å². The number of nitrogens with one attached hydrogen (secondary N) is 2. The highest BCUT2D eigenvalue weighted by Crippen LogP contribution is 2.38. The fraction of sp³-hybridized carbons (Fsp3) is 0.706. The Morgan fingerprint density at radius 3 is 2.50 bits per heavy atom. The van der Waals surface area contributed by atoms with Crippen LogP contribution in [0, 0.1) is 0 Å². The molecular formula is C17H26N4O3. The second kappa shape index (κ2) is 6.45. The first kappa shape index (κ1) is 16.8. The first-order valence-electron chi connectivity index (χ1n) is 8.66. The predicted molar refractivity (Wildman–Crippen MR) is 88.9 cm³/mol. The van der Waals surface area contributed by atoms with Crippen LogP contribution in [0.1, 0.15) is 68.6 Å². The summed E-state index contributed by atoms with van der Waals surface area (Å²) in [4.78, 5) is 26.0. The number of hydrogen-bond acceptors (Lipinski definition) is 4. The Balaban J connectivity index is 1.46. The van der Waals surface area contributed by atoms with Crippen LogP contribution in [-0.4, -0.2) is 51.8 Å². The molecule has 7 nitrogen and oxygen atoms in total. The summed E-state index contributed by atoms with van der Waals surface area (Å²) < 4.78 is 5.38. The van der Waals surface area contributed by atoms with E-state index in [0.29, 0.717) is 24.7 Å². The van der Waals surface area contributed by atoms with Crippen LogP contribution in [-0.2, 0) is 4.74 Å². The van der Waals surface area contributed by atoms with Gasteiger partial charge in [-0.3, -0.25) is 9.89 Å². The summed E-state index contributed by atoms with van der Waals surface area (Å²) in [5.74, 6) is 0.407. The number of likely N-dealkylation sites (tertiary alicyclic amines) is 1. The highest BCUT2D eigenvalue weighted by atomic mass is 16.6. The number of hydrogen-bond donors (Lipinski definition) is 2. The third kappa shape index (κ3) is 4.27. The molecule has 1 aliphatic carbocycles. The number of rotatable bonds is 3. The highest BCUT2D eigenvalue weighted by Gasteiger charge is 2.29. The molecule has 7 heteroatoms. The van der Waals surface area contributed by atoms with E-state index in [2.05, 4.69) is 15.5 Å². The molecule has 24 heavy (non-hydrogen) atoms. The normalized spacial score (nSPS) is 19.2. The average molecular weight is 334 g/mol. The zero-order valence-electron chi connectivity index (χ0n) is 14.6. The second-order valence-electron chi connectivity index (χ2n) is 7.70. The fourth-order valence-electron chi connectivity index (χ4n) is 2.85. The van der Waals surface area contributed by atoms with E-state index in [0.717, 1.165) is 18.5 Å². The fourth-order valence-corrected chi connectivity index (χ4v) is 2.85. The van der Waals surface area contributed by atoms with Gasteiger partial charge in [-0.1, -0.05) is 0 Å². The number of aromatic amines is 1. The second-order valence-corrected chi connectivity index (χ2v) is 7.70. The van der Waals surface area contributed by atoms with Gasteiger partial charge in [-0.25, -0.2) is 4.79 Å². The van der Waals surface area contributed by atoms with Gasteiger partial charge in [-0.05, 0) is 52.5 Å². The van der Waals surface area contributed by atoms with E-state index in [1.54, 1.807) is 4.90 Å². The van der Waals surface area contributed by atoms with Crippen molar-refractivity contribution in [1.82, 2.24) is 20.4 Å². The molecule has 2 heterocycles. The summed E-state index contributed by atoms with van der Waals surface area (Å²) >= 11 is 0. The minimum absolute atomic E-state index is 0.0669. The zero-order valence-corrected chi connectivity index (χ0v) is 14.6. The molecule has 0 spiro atoms. The van der Waals surface area contributed by atoms with E-state index in [1.807, 2.05) is 26.8 Å². The number of carbonyl (C=O) groups excluding carboxylic acids is 2. The lowest BCUT2D eigenvalue weighted by molar-refractivity contribution is 0.0199. The van der Waals surface area contributed by atoms with Crippen molar-refractivity contribution < 1.29 is 14.3 Å². The SMILES string of the molecule is CC(C)(C)OC(=O)N1CCC(NC(=O)c2cc(C3CC3)[nH]n2)CC1. The molecule has 0 aromatic carbocycles. The standard InChI is InChI=1S/C17H26N4O3/c1-17(2,3)24-16(23)21-8-6-12(7-9-21)18-15(22)14-10-13(19-20-14)11-4-5-11/h10-12H,4-9H2,1-3H3,(H,18,22)(H,19,20). The van der Waals surface area contributed by atoms with Crippen LogP contribution in [0.15, 0.2) is 6.07 Å². The van der Waals surface area contributed by atoms with Crippen LogP contribution in [0.3, 0.4) is 0 Å². The molecule has 132 valence electrons. The maximum Gasteiger partial charge on any atom is 0.410 e. The van der Waals surface area contributed by atoms with E-state index in [4.69, 9.17) is 4.74 Å². The molecule has 2 amide bonds. The van der Waals surface area contributed by atoms with Gasteiger partial charge >= 0.3 is 6.09 Å². The Hall–Kier alpha value is -2.05. The Morgan fingerprint density at radius 2 is 1.92 bits per heavy atom. The maximum absolute atomic E-state index is 12.3. The molecule has 0 bridgehead atoms. The molecular weight excluding hydrogens is 308 g/mol. The number of amides is 2. The monoisotopic (exact) mass is 334 g/mol. The Morgan fingerprint density at radius 1 is 1.25 bits per heavy atom. The molecule has 1 saturated carbocycles. The molecule has 0 unspecified atom stereocenters. The third-order valence-electron chi connectivity index (χ3n) is 4.33. The average Bonchev–Trinajstić information content (AvgIpc) is 3.23. The summed E-state index contributed by atoms with van der Waals surface area (Å²) in [5, 5.41) is 10.1. The van der Waals surface area contributed by atoms with Crippen LogP contribution < -0.4 is 5.32 Å². The molecule has 2 aliphatic rings. The summed E-state index contributed by atoms with van der Waals surface area (Å²) in [5.41, 5.74) is 1.02. The predicted octanol–water partition coefficient (Wildman–Crippen LogP) is 2.42. The number of ether oxygens (including phenoxy) is 1. The third-order valence-corrected chi connectivity index (χ3v) is 4.33. The van der Waals surface area contributed by atoms with Crippen molar-refractivity contribution >= 4 is 12.0 Å². The van der Waals surface area contributed by atoms with E-state index in [1.165, 1.54) is 12.8 Å². The zero-order chi connectivity index (χ0) is 17.3. The summed E-state index contributed by atoms with van der Waals surface area (Å²) in [6.45, 7) is 6.76. The van der Waals surface area contributed by atoms with E-state index >= 15 is 0 Å². The largest absolute Gasteiger partial charge is 0.444 e. The van der Waals surface area contributed by atoms with Crippen LogP contribution in [0.4, 0.5) is 4.79 Å². The topological polar surface area (TPSA) is 87.3 Å². The van der Waals surface area contributed by atoms with Crippen molar-refractivity contribution in [1.29, 1.82) is 0 Å². The van der Waals surface area contributed by atoms with Crippen LogP contribution >= 0.6 is 0 Å². The number of piperidine rings is 1. The minimum atomic E-state index is -0.485. The summed E-state index contributed by atoms with van der Waals surface area (Å²) in [6.07, 6.45) is 3.52. The van der Waals surface area contributed by atoms with Crippen LogP contribution in [0.2, 0.25) is 0 Å². The van der Waals surface area contributed by atoms with Crippen LogP contribution in [0.5, 0.6) is 0 Å². The lowest BCUT2D eigenvalue weighted by Crippen LogP contribution is -2.47. The summed E-state index contributed by atoms with van der Waals surface area (Å²) in [6, 6.07) is 1.92. The molecule has 1 aromatic heterocycles. The lowest BCUT2D eigenvalue weighted by Gasteiger charge is -2.33. The van der Waals surface area contributed by atoms with Gasteiger partial charge in [0.05, 0.1) is 0 Å². The molecule has 2 N–H and O–H groups in total. The molecule has 1 aromatic rings. The first-order valence-corrected chi connectivity index (χ1v) is 8.66. The minimum Gasteiger partial charge on any atom is -0.444 e. The molecule has 1 saturated heterocycles. The van der Waals surface area contributed by atoms with E-state index in [-0.39, 0.29) is 18.0 Å². The maximum atomic E-state index is 12.3. The van der Waals surface area contributed by atoms with Gasteiger partial charge in [0.15, 0.2) is 0 Å². The van der Waals surface area contributed by atoms with Crippen molar-refractivity contribution in [2.45, 2.75) is 64.0 Å².